The number of aromatic nitrogens is 3. The van der Waals surface area contributed by atoms with Crippen LogP contribution in [0.1, 0.15) is 15.9 Å². The van der Waals surface area contributed by atoms with Gasteiger partial charge in [0.05, 0.1) is 5.75 Å². The van der Waals surface area contributed by atoms with Crippen LogP contribution in [-0.4, -0.2) is 26.3 Å². The van der Waals surface area contributed by atoms with E-state index in [0.29, 0.717) is 22.4 Å². The van der Waals surface area contributed by atoms with E-state index in [1.54, 1.807) is 11.6 Å². The average molecular weight is 262 g/mol. The molecule has 0 aliphatic carbocycles. The number of benzene rings is 1. The Bertz CT molecular complexity index is 562. The van der Waals surface area contributed by atoms with Crippen LogP contribution in [0.5, 0.6) is 0 Å². The second kappa shape index (κ2) is 5.22. The van der Waals surface area contributed by atoms with Gasteiger partial charge in [0.15, 0.2) is 10.9 Å². The number of anilines is 1. The summed E-state index contributed by atoms with van der Waals surface area (Å²) in [6, 6.07) is 7.53. The first-order valence-corrected chi connectivity index (χ1v) is 6.44. The summed E-state index contributed by atoms with van der Waals surface area (Å²) in [5, 5.41) is 8.28. The molecule has 0 aliphatic heterocycles. The Labute approximate surface area is 109 Å². The molecule has 0 fully saturated rings. The van der Waals surface area contributed by atoms with Crippen molar-refractivity contribution in [2.75, 3.05) is 11.5 Å². The number of nitrogens with zero attached hydrogens (tertiary/aromatic N) is 3. The lowest BCUT2D eigenvalue weighted by molar-refractivity contribution is 0.102. The van der Waals surface area contributed by atoms with E-state index in [1.807, 2.05) is 31.2 Å². The number of hydrogen-bond donors (Lipinski definition) is 1. The molecular formula is C12H14N4OS. The van der Waals surface area contributed by atoms with E-state index in [1.165, 1.54) is 11.8 Å². The number of carbonyl (C=O) groups excluding carboxylic acids is 1. The van der Waals surface area contributed by atoms with Crippen molar-refractivity contribution < 1.29 is 4.79 Å². The molecule has 6 heteroatoms. The summed E-state index contributed by atoms with van der Waals surface area (Å²) in [4.78, 5) is 11.9. The van der Waals surface area contributed by atoms with Gasteiger partial charge in [-0.1, -0.05) is 41.6 Å². The fraction of sp³-hybridized carbons (Fsp3) is 0.250. The Hall–Kier alpha value is -1.82. The molecule has 2 aromatic rings. The lowest BCUT2D eigenvalue weighted by Crippen LogP contribution is -2.04. The topological polar surface area (TPSA) is 73.8 Å². The molecule has 0 saturated carbocycles. The van der Waals surface area contributed by atoms with Gasteiger partial charge < -0.3 is 5.73 Å². The maximum absolute atomic E-state index is 11.9. The first-order valence-electron chi connectivity index (χ1n) is 5.45. The van der Waals surface area contributed by atoms with Crippen molar-refractivity contribution in [2.45, 2.75) is 12.1 Å². The van der Waals surface area contributed by atoms with Crippen molar-refractivity contribution in [3.63, 3.8) is 0 Å². The molecule has 0 spiro atoms. The van der Waals surface area contributed by atoms with Crippen LogP contribution in [0.4, 0.5) is 5.95 Å². The summed E-state index contributed by atoms with van der Waals surface area (Å²) in [5.41, 5.74) is 7.42. The number of rotatable bonds is 4. The Kier molecular flexibility index (Phi) is 3.66. The van der Waals surface area contributed by atoms with Crippen molar-refractivity contribution in [3.05, 3.63) is 35.4 Å². The summed E-state index contributed by atoms with van der Waals surface area (Å²) >= 11 is 1.33. The number of nitrogens with two attached hydrogens (primary N) is 1. The highest BCUT2D eigenvalue weighted by Gasteiger charge is 2.10. The van der Waals surface area contributed by atoms with Gasteiger partial charge in [-0.05, 0) is 6.92 Å². The van der Waals surface area contributed by atoms with Gasteiger partial charge in [-0.3, -0.25) is 9.36 Å². The Morgan fingerprint density at radius 3 is 2.56 bits per heavy atom. The van der Waals surface area contributed by atoms with Gasteiger partial charge in [-0.25, -0.2) is 0 Å². The zero-order chi connectivity index (χ0) is 13.1. The minimum absolute atomic E-state index is 0.0709. The van der Waals surface area contributed by atoms with Crippen molar-refractivity contribution in [3.8, 4) is 0 Å². The number of ketones is 1. The largest absolute Gasteiger partial charge is 0.368 e. The summed E-state index contributed by atoms with van der Waals surface area (Å²) in [5.74, 6) is 0.747. The van der Waals surface area contributed by atoms with Crippen LogP contribution in [-0.2, 0) is 7.05 Å². The number of carbonyl (C=O) groups is 1. The van der Waals surface area contributed by atoms with Crippen molar-refractivity contribution in [2.24, 2.45) is 7.05 Å². The summed E-state index contributed by atoms with van der Waals surface area (Å²) < 4.78 is 1.66. The van der Waals surface area contributed by atoms with E-state index >= 15 is 0 Å². The van der Waals surface area contributed by atoms with E-state index in [-0.39, 0.29) is 5.78 Å². The van der Waals surface area contributed by atoms with Crippen molar-refractivity contribution in [1.29, 1.82) is 0 Å². The molecule has 94 valence electrons. The molecule has 0 radical (unpaired) electrons. The van der Waals surface area contributed by atoms with E-state index in [4.69, 9.17) is 5.73 Å². The molecule has 2 N–H and O–H groups in total. The predicted octanol–water partition coefficient (Wildman–Crippen LogP) is 1.68. The standard InChI is InChI=1S/C12H14N4OS/c1-8-3-5-9(6-4-8)10(17)7-18-12-15-14-11(13)16(12)2/h3-6H,7H2,1-2H3,(H2,13,14). The van der Waals surface area contributed by atoms with Gasteiger partial charge in [0.2, 0.25) is 5.95 Å². The van der Waals surface area contributed by atoms with Crippen LogP contribution in [0.3, 0.4) is 0 Å². The highest BCUT2D eigenvalue weighted by Crippen LogP contribution is 2.18. The quantitative estimate of drug-likeness (QED) is 0.670. The molecule has 0 unspecified atom stereocenters. The van der Waals surface area contributed by atoms with E-state index in [2.05, 4.69) is 10.2 Å². The smallest absolute Gasteiger partial charge is 0.222 e. The molecule has 2 rings (SSSR count). The van der Waals surface area contributed by atoms with Crippen molar-refractivity contribution >= 4 is 23.5 Å². The van der Waals surface area contributed by atoms with E-state index in [0.717, 1.165) is 5.56 Å². The second-order valence-electron chi connectivity index (χ2n) is 3.98. The van der Waals surface area contributed by atoms with Crippen LogP contribution >= 0.6 is 11.8 Å². The molecule has 18 heavy (non-hydrogen) atoms. The normalized spacial score (nSPS) is 10.6. The van der Waals surface area contributed by atoms with Gasteiger partial charge in [0.25, 0.3) is 0 Å². The molecule has 0 saturated heterocycles. The molecule has 0 aliphatic rings. The Morgan fingerprint density at radius 2 is 2.00 bits per heavy atom. The van der Waals surface area contributed by atoms with Gasteiger partial charge in [0.1, 0.15) is 0 Å². The number of thioether (sulfide) groups is 1. The Balaban J connectivity index is 2.00. The maximum Gasteiger partial charge on any atom is 0.222 e. The lowest BCUT2D eigenvalue weighted by atomic mass is 10.1. The zero-order valence-corrected chi connectivity index (χ0v) is 11.1. The molecule has 1 aromatic heterocycles. The third-order valence-corrected chi connectivity index (χ3v) is 3.59. The third-order valence-electron chi connectivity index (χ3n) is 2.57. The van der Waals surface area contributed by atoms with E-state index < -0.39 is 0 Å². The number of Topliss-reactive ketones (excluding diaryl/α,β-unsaturated/α-hetero) is 1. The van der Waals surface area contributed by atoms with Crippen LogP contribution in [0.25, 0.3) is 0 Å². The number of hydrogen-bond acceptors (Lipinski definition) is 5. The Morgan fingerprint density at radius 1 is 1.33 bits per heavy atom. The van der Waals surface area contributed by atoms with Crippen molar-refractivity contribution in [1.82, 2.24) is 14.8 Å². The fourth-order valence-electron chi connectivity index (χ4n) is 1.40. The lowest BCUT2D eigenvalue weighted by Gasteiger charge is -2.02. The second-order valence-corrected chi connectivity index (χ2v) is 4.92. The molecule has 0 atom stereocenters. The average Bonchev–Trinajstić information content (AvgIpc) is 2.68. The third kappa shape index (κ3) is 2.70. The van der Waals surface area contributed by atoms with Gasteiger partial charge in [-0.2, -0.15) is 0 Å². The SMILES string of the molecule is Cc1ccc(C(=O)CSc2nnc(N)n2C)cc1. The monoisotopic (exact) mass is 262 g/mol. The number of aryl methyl sites for hydroxylation is 1. The molecule has 1 aromatic carbocycles. The molecular weight excluding hydrogens is 248 g/mol. The highest BCUT2D eigenvalue weighted by molar-refractivity contribution is 7.99. The van der Waals surface area contributed by atoms with E-state index in [9.17, 15) is 4.79 Å². The van der Waals surface area contributed by atoms with Crippen LogP contribution in [0.2, 0.25) is 0 Å². The summed E-state index contributed by atoms with van der Waals surface area (Å²) in [6.45, 7) is 1.99. The molecule has 1 heterocycles. The fourth-order valence-corrected chi connectivity index (χ4v) is 2.22. The van der Waals surface area contributed by atoms with Gasteiger partial charge in [-0.15, -0.1) is 10.2 Å². The first-order chi connectivity index (χ1) is 8.58. The maximum atomic E-state index is 11.9. The highest BCUT2D eigenvalue weighted by atomic mass is 32.2. The zero-order valence-electron chi connectivity index (χ0n) is 10.3. The minimum atomic E-state index is 0.0709. The predicted molar refractivity (Wildman–Crippen MR) is 71.6 cm³/mol. The van der Waals surface area contributed by atoms with Gasteiger partial charge >= 0.3 is 0 Å². The molecule has 0 bridgehead atoms. The number of nitrogen functional groups attached to an aromatic ring is 1. The summed E-state index contributed by atoms with van der Waals surface area (Å²) in [7, 11) is 1.77. The molecule has 5 nitrogen and oxygen atoms in total. The van der Waals surface area contributed by atoms with Crippen LogP contribution in [0, 0.1) is 6.92 Å². The summed E-state index contributed by atoms with van der Waals surface area (Å²) in [6.07, 6.45) is 0. The molecule has 0 amide bonds. The first kappa shape index (κ1) is 12.6. The van der Waals surface area contributed by atoms with Crippen LogP contribution < -0.4 is 5.73 Å². The van der Waals surface area contributed by atoms with Crippen LogP contribution in [0.15, 0.2) is 29.4 Å². The minimum Gasteiger partial charge on any atom is -0.368 e. The van der Waals surface area contributed by atoms with Gasteiger partial charge in [0, 0.05) is 12.6 Å².